The molecule has 1 fully saturated rings. The first-order chi connectivity index (χ1) is 16.6. The summed E-state index contributed by atoms with van der Waals surface area (Å²) >= 11 is 0. The van der Waals surface area contributed by atoms with Crippen LogP contribution in [-0.2, 0) is 17.8 Å². The van der Waals surface area contributed by atoms with E-state index in [9.17, 15) is 4.79 Å². The zero-order valence-corrected chi connectivity index (χ0v) is 20.1. The molecule has 2 aromatic carbocycles. The number of hydrogen-bond acceptors (Lipinski definition) is 6. The average molecular weight is 459 g/mol. The highest BCUT2D eigenvalue weighted by atomic mass is 16.2. The largest absolute Gasteiger partial charge is 0.358 e. The van der Waals surface area contributed by atoms with E-state index in [4.69, 9.17) is 9.97 Å². The van der Waals surface area contributed by atoms with Gasteiger partial charge in [-0.2, -0.15) is 0 Å². The highest BCUT2D eigenvalue weighted by Crippen LogP contribution is 2.24. The summed E-state index contributed by atoms with van der Waals surface area (Å²) in [5.74, 6) is 1.71. The Kier molecular flexibility index (Phi) is 6.74. The van der Waals surface area contributed by atoms with Gasteiger partial charge in [-0.1, -0.05) is 56.3 Å². The van der Waals surface area contributed by atoms with E-state index >= 15 is 0 Å². The minimum absolute atomic E-state index is 0.0301. The maximum atomic E-state index is 13.2. The van der Waals surface area contributed by atoms with Crippen molar-refractivity contribution in [2.75, 3.05) is 38.0 Å². The molecule has 0 saturated carbocycles. The van der Waals surface area contributed by atoms with E-state index in [1.807, 2.05) is 24.3 Å². The molecular weight excluding hydrogens is 424 g/mol. The van der Waals surface area contributed by atoms with E-state index < -0.39 is 0 Å². The first-order valence-electron chi connectivity index (χ1n) is 12.4. The average Bonchev–Trinajstić information content (AvgIpc) is 2.87. The number of fused-ring (bicyclic) bond motifs is 5. The summed E-state index contributed by atoms with van der Waals surface area (Å²) < 4.78 is 0. The monoisotopic (exact) mass is 458 g/mol. The number of benzene rings is 2. The lowest BCUT2D eigenvalue weighted by Gasteiger charge is -2.41. The van der Waals surface area contributed by atoms with Crippen LogP contribution in [0.2, 0.25) is 0 Å². The molecule has 7 heteroatoms. The summed E-state index contributed by atoms with van der Waals surface area (Å²) in [5, 5.41) is 7.64. The molecular formula is C27H34N6O. The van der Waals surface area contributed by atoms with Crippen molar-refractivity contribution >= 4 is 22.6 Å². The number of amides is 1. The van der Waals surface area contributed by atoms with Crippen LogP contribution in [0.4, 0.5) is 5.82 Å². The number of aromatic nitrogens is 2. The number of carbonyl (C=O) groups excluding carboxylic acids is 1. The number of carbonyl (C=O) groups is 1. The van der Waals surface area contributed by atoms with Gasteiger partial charge >= 0.3 is 0 Å². The van der Waals surface area contributed by atoms with Crippen LogP contribution < -0.4 is 10.6 Å². The van der Waals surface area contributed by atoms with Gasteiger partial charge in [0.1, 0.15) is 17.7 Å². The molecule has 1 aromatic heterocycles. The molecule has 1 amide bonds. The summed E-state index contributed by atoms with van der Waals surface area (Å²) in [7, 11) is 0. The summed E-state index contributed by atoms with van der Waals surface area (Å²) in [6.45, 7) is 9.33. The van der Waals surface area contributed by atoms with Gasteiger partial charge in [-0.3, -0.25) is 9.69 Å². The Morgan fingerprint density at radius 3 is 2.65 bits per heavy atom. The summed E-state index contributed by atoms with van der Waals surface area (Å²) in [6.07, 6.45) is 1.04. The summed E-state index contributed by atoms with van der Waals surface area (Å²) in [4.78, 5) is 28.0. The van der Waals surface area contributed by atoms with E-state index in [1.165, 1.54) is 5.56 Å². The molecule has 1 saturated heterocycles. The third-order valence-electron chi connectivity index (χ3n) is 7.00. The van der Waals surface area contributed by atoms with Gasteiger partial charge in [0.2, 0.25) is 5.91 Å². The summed E-state index contributed by atoms with van der Waals surface area (Å²) in [6, 6.07) is 18.6. The van der Waals surface area contributed by atoms with Crippen LogP contribution in [-0.4, -0.2) is 70.5 Å². The highest BCUT2D eigenvalue weighted by molar-refractivity contribution is 5.92. The molecule has 34 heavy (non-hydrogen) atoms. The van der Waals surface area contributed by atoms with Crippen molar-refractivity contribution in [2.45, 2.75) is 38.9 Å². The molecule has 5 rings (SSSR count). The highest BCUT2D eigenvalue weighted by Gasteiger charge is 2.31. The second-order valence-corrected chi connectivity index (χ2v) is 9.78. The number of anilines is 1. The SMILES string of the molecule is CC(C)[C@@H]1Nc2nc(nc3ccccc23)CN2CCN(CCc3ccccc3)CC2CNC1=O. The molecule has 2 atom stereocenters. The van der Waals surface area contributed by atoms with Crippen molar-refractivity contribution in [1.82, 2.24) is 25.1 Å². The Labute approximate surface area is 201 Å². The van der Waals surface area contributed by atoms with Gasteiger partial charge in [0.15, 0.2) is 0 Å². The Morgan fingerprint density at radius 2 is 1.82 bits per heavy atom. The van der Waals surface area contributed by atoms with Crippen LogP contribution in [0.5, 0.6) is 0 Å². The fourth-order valence-corrected chi connectivity index (χ4v) is 4.99. The zero-order valence-electron chi connectivity index (χ0n) is 20.1. The fraction of sp³-hybridized carbons (Fsp3) is 0.444. The first kappa shape index (κ1) is 22.7. The third kappa shape index (κ3) is 5.05. The lowest BCUT2D eigenvalue weighted by Crippen LogP contribution is -2.57. The van der Waals surface area contributed by atoms with Gasteiger partial charge < -0.3 is 15.5 Å². The molecule has 7 nitrogen and oxygen atoms in total. The van der Waals surface area contributed by atoms with Crippen LogP contribution in [0.1, 0.15) is 25.2 Å². The smallest absolute Gasteiger partial charge is 0.242 e. The molecule has 178 valence electrons. The first-order valence-corrected chi connectivity index (χ1v) is 12.4. The van der Waals surface area contributed by atoms with E-state index in [0.29, 0.717) is 13.1 Å². The van der Waals surface area contributed by atoms with Crippen molar-refractivity contribution in [3.05, 3.63) is 66.0 Å². The summed E-state index contributed by atoms with van der Waals surface area (Å²) in [5.41, 5.74) is 2.28. The van der Waals surface area contributed by atoms with Gasteiger partial charge in [-0.05, 0) is 30.0 Å². The number of hydrogen-bond donors (Lipinski definition) is 2. The number of piperazine rings is 1. The molecule has 2 aliphatic rings. The molecule has 0 radical (unpaired) electrons. The Morgan fingerprint density at radius 1 is 1.03 bits per heavy atom. The van der Waals surface area contributed by atoms with Crippen molar-refractivity contribution in [3.8, 4) is 0 Å². The van der Waals surface area contributed by atoms with Crippen LogP contribution in [0.3, 0.4) is 0 Å². The van der Waals surface area contributed by atoms with Crippen LogP contribution in [0.15, 0.2) is 54.6 Å². The zero-order chi connectivity index (χ0) is 23.5. The topological polar surface area (TPSA) is 73.4 Å². The molecule has 3 heterocycles. The maximum absolute atomic E-state index is 13.2. The Balaban J connectivity index is 1.40. The van der Waals surface area contributed by atoms with Crippen LogP contribution in [0.25, 0.3) is 10.9 Å². The van der Waals surface area contributed by atoms with Gasteiger partial charge in [0, 0.05) is 44.2 Å². The Hall–Kier alpha value is -3.03. The van der Waals surface area contributed by atoms with Crippen molar-refractivity contribution in [3.63, 3.8) is 0 Å². The van der Waals surface area contributed by atoms with Crippen LogP contribution >= 0.6 is 0 Å². The molecule has 2 N–H and O–H groups in total. The van der Waals surface area contributed by atoms with Gasteiger partial charge in [-0.25, -0.2) is 9.97 Å². The van der Waals surface area contributed by atoms with Gasteiger partial charge in [0.25, 0.3) is 0 Å². The van der Waals surface area contributed by atoms with E-state index in [0.717, 1.165) is 55.1 Å². The normalized spacial score (nSPS) is 22.0. The number of nitrogens with one attached hydrogen (secondary N) is 2. The standard InChI is InChI=1S/C27H34N6O/c1-19(2)25-27(34)28-16-21-17-32(13-12-20-8-4-3-5-9-20)14-15-33(21)18-24-29-23-11-7-6-10-22(23)26(30-24)31-25/h3-11,19,21,25H,12-18H2,1-2H3,(H,28,34)(H,29,30,31)/t21?,25-/m0/s1. The molecule has 1 unspecified atom stereocenters. The number of para-hydroxylation sites is 1. The number of nitrogens with zero attached hydrogens (tertiary/aromatic N) is 4. The maximum Gasteiger partial charge on any atom is 0.242 e. The van der Waals surface area contributed by atoms with Gasteiger partial charge in [0.05, 0.1) is 12.1 Å². The number of rotatable bonds is 4. The molecule has 2 aliphatic heterocycles. The van der Waals surface area contributed by atoms with E-state index in [1.54, 1.807) is 0 Å². The molecule has 0 spiro atoms. The van der Waals surface area contributed by atoms with Crippen molar-refractivity contribution in [2.24, 2.45) is 5.92 Å². The van der Waals surface area contributed by atoms with Crippen molar-refractivity contribution in [1.29, 1.82) is 0 Å². The minimum Gasteiger partial charge on any atom is -0.358 e. The molecule has 0 aliphatic carbocycles. The van der Waals surface area contributed by atoms with E-state index in [-0.39, 0.29) is 23.9 Å². The lowest BCUT2D eigenvalue weighted by molar-refractivity contribution is -0.123. The second kappa shape index (κ2) is 10.1. The predicted octanol–water partition coefficient (Wildman–Crippen LogP) is 2.93. The second-order valence-electron chi connectivity index (χ2n) is 9.78. The lowest BCUT2D eigenvalue weighted by atomic mass is 10.0. The van der Waals surface area contributed by atoms with Crippen LogP contribution in [0, 0.1) is 5.92 Å². The predicted molar refractivity (Wildman–Crippen MR) is 136 cm³/mol. The molecule has 3 aromatic rings. The fourth-order valence-electron chi connectivity index (χ4n) is 4.99. The van der Waals surface area contributed by atoms with Crippen molar-refractivity contribution < 1.29 is 4.79 Å². The Bertz CT molecular complexity index is 1130. The third-order valence-corrected chi connectivity index (χ3v) is 7.00. The van der Waals surface area contributed by atoms with E-state index in [2.05, 4.69) is 64.6 Å². The van der Waals surface area contributed by atoms with Gasteiger partial charge in [-0.15, -0.1) is 0 Å². The molecule has 2 bridgehead atoms. The minimum atomic E-state index is -0.351. The quantitative estimate of drug-likeness (QED) is 0.626.